The second kappa shape index (κ2) is 10.0. The predicted molar refractivity (Wildman–Crippen MR) is 114 cm³/mol. The summed E-state index contributed by atoms with van der Waals surface area (Å²) >= 11 is 1.25. The van der Waals surface area contributed by atoms with Gasteiger partial charge in [0, 0.05) is 18.8 Å². The number of carbonyl (C=O) groups excluding carboxylic acids is 1. The van der Waals surface area contributed by atoms with Crippen LogP contribution in [0.15, 0.2) is 41.7 Å². The number of aryl methyl sites for hydroxylation is 3. The summed E-state index contributed by atoms with van der Waals surface area (Å²) in [5, 5.41) is 11.7. The molecule has 1 N–H and O–H groups in total. The molecular weight excluding hydrogens is 443 g/mol. The quantitative estimate of drug-likeness (QED) is 0.508. The Bertz CT molecular complexity index is 1100. The van der Waals surface area contributed by atoms with Gasteiger partial charge in [-0.1, -0.05) is 23.9 Å². The van der Waals surface area contributed by atoms with E-state index in [0.717, 1.165) is 16.8 Å². The lowest BCUT2D eigenvalue weighted by Gasteiger charge is -2.12. The molecule has 0 atom stereocenters. The minimum atomic E-state index is -4.45. The van der Waals surface area contributed by atoms with Gasteiger partial charge in [-0.15, -0.1) is 10.2 Å². The zero-order chi connectivity index (χ0) is 23.3. The normalized spacial score (nSPS) is 11.4. The molecule has 1 aromatic carbocycles. The molecule has 0 saturated heterocycles. The minimum Gasteiger partial charge on any atom is -0.468 e. The van der Waals surface area contributed by atoms with Crippen LogP contribution in [0.1, 0.15) is 22.5 Å². The van der Waals surface area contributed by atoms with E-state index in [0.29, 0.717) is 16.5 Å². The van der Waals surface area contributed by atoms with Gasteiger partial charge < -0.3 is 10.1 Å². The van der Waals surface area contributed by atoms with Gasteiger partial charge in [0.25, 0.3) is 0 Å². The number of nitrogens with one attached hydrogen (secondary N) is 1. The third-order valence-corrected chi connectivity index (χ3v) is 5.33. The Morgan fingerprint density at radius 1 is 1.16 bits per heavy atom. The van der Waals surface area contributed by atoms with Crippen molar-refractivity contribution in [1.29, 1.82) is 0 Å². The van der Waals surface area contributed by atoms with E-state index >= 15 is 0 Å². The van der Waals surface area contributed by atoms with E-state index in [1.165, 1.54) is 24.0 Å². The lowest BCUT2D eigenvalue weighted by Crippen LogP contribution is -2.25. The third-order valence-electron chi connectivity index (χ3n) is 4.41. The second-order valence-electron chi connectivity index (χ2n) is 7.13. The highest BCUT2D eigenvalue weighted by atomic mass is 32.2. The van der Waals surface area contributed by atoms with E-state index in [1.54, 1.807) is 6.07 Å². The summed E-state index contributed by atoms with van der Waals surface area (Å²) < 4.78 is 43.4. The molecule has 11 heteroatoms. The minimum absolute atomic E-state index is 0.103. The molecule has 1 amide bonds. The Labute approximate surface area is 187 Å². The summed E-state index contributed by atoms with van der Waals surface area (Å²) in [7, 11) is 0. The standard InChI is InChI=1S/C21H22F3N5O2S/c1-13-4-5-14(2)17(8-13)29-15(3)27-28-20(29)32-11-18(30)26-10-16-6-7-25-19(9-16)31-12-21(22,23)24/h4-9H,10-12H2,1-3H3,(H,26,30). The Morgan fingerprint density at radius 3 is 2.69 bits per heavy atom. The molecule has 0 aliphatic carbocycles. The largest absolute Gasteiger partial charge is 0.468 e. The molecule has 7 nitrogen and oxygen atoms in total. The van der Waals surface area contributed by atoms with Gasteiger partial charge in [-0.3, -0.25) is 9.36 Å². The van der Waals surface area contributed by atoms with Crippen molar-refractivity contribution < 1.29 is 22.7 Å². The number of hydrogen-bond acceptors (Lipinski definition) is 6. The lowest BCUT2D eigenvalue weighted by atomic mass is 10.1. The molecule has 0 radical (unpaired) electrons. The number of pyridine rings is 1. The van der Waals surface area contributed by atoms with Crippen LogP contribution in [0.4, 0.5) is 13.2 Å². The predicted octanol–water partition coefficient (Wildman–Crippen LogP) is 3.94. The van der Waals surface area contributed by atoms with Gasteiger partial charge in [0.05, 0.1) is 11.4 Å². The van der Waals surface area contributed by atoms with E-state index in [1.807, 2.05) is 43.5 Å². The summed E-state index contributed by atoms with van der Waals surface area (Å²) in [6.45, 7) is 4.55. The van der Waals surface area contributed by atoms with Crippen molar-refractivity contribution in [3.8, 4) is 11.6 Å². The first-order valence-corrected chi connectivity index (χ1v) is 10.6. The van der Waals surface area contributed by atoms with Crippen molar-refractivity contribution in [3.05, 3.63) is 59.0 Å². The Balaban J connectivity index is 1.58. The summed E-state index contributed by atoms with van der Waals surface area (Å²) in [6, 6.07) is 9.04. The average Bonchev–Trinajstić information content (AvgIpc) is 3.11. The van der Waals surface area contributed by atoms with Crippen LogP contribution in [0.3, 0.4) is 0 Å². The van der Waals surface area contributed by atoms with Crippen molar-refractivity contribution in [1.82, 2.24) is 25.1 Å². The Kier molecular flexibility index (Phi) is 7.39. The van der Waals surface area contributed by atoms with Gasteiger partial charge in [0.1, 0.15) is 5.82 Å². The number of hydrogen-bond donors (Lipinski definition) is 1. The second-order valence-corrected chi connectivity index (χ2v) is 8.07. The molecule has 32 heavy (non-hydrogen) atoms. The van der Waals surface area contributed by atoms with Gasteiger partial charge in [0.15, 0.2) is 11.8 Å². The topological polar surface area (TPSA) is 81.9 Å². The van der Waals surface area contributed by atoms with Crippen LogP contribution in [0, 0.1) is 20.8 Å². The Morgan fingerprint density at radius 2 is 1.94 bits per heavy atom. The van der Waals surface area contributed by atoms with Crippen LogP contribution < -0.4 is 10.1 Å². The molecular formula is C21H22F3N5O2S. The van der Waals surface area contributed by atoms with Crippen LogP contribution in [0.2, 0.25) is 0 Å². The average molecular weight is 466 g/mol. The molecule has 0 spiro atoms. The van der Waals surface area contributed by atoms with Crippen molar-refractivity contribution >= 4 is 17.7 Å². The van der Waals surface area contributed by atoms with E-state index in [9.17, 15) is 18.0 Å². The van der Waals surface area contributed by atoms with E-state index in [4.69, 9.17) is 0 Å². The first-order chi connectivity index (χ1) is 15.1. The molecule has 2 heterocycles. The summed E-state index contributed by atoms with van der Waals surface area (Å²) in [6.07, 6.45) is -3.11. The summed E-state index contributed by atoms with van der Waals surface area (Å²) in [5.74, 6) is 0.411. The summed E-state index contributed by atoms with van der Waals surface area (Å²) in [5.41, 5.74) is 3.69. The van der Waals surface area contributed by atoms with Gasteiger partial charge in [-0.25, -0.2) is 4.98 Å². The number of benzene rings is 1. The number of rotatable bonds is 8. The zero-order valence-corrected chi connectivity index (χ0v) is 18.5. The number of ether oxygens (including phenoxy) is 1. The van der Waals surface area contributed by atoms with Gasteiger partial charge >= 0.3 is 6.18 Å². The maximum absolute atomic E-state index is 12.3. The van der Waals surface area contributed by atoms with Crippen LogP contribution in [-0.2, 0) is 11.3 Å². The molecule has 0 aliphatic rings. The molecule has 0 fully saturated rings. The van der Waals surface area contributed by atoms with Crippen molar-refractivity contribution in [2.45, 2.75) is 38.6 Å². The zero-order valence-electron chi connectivity index (χ0n) is 17.7. The summed E-state index contributed by atoms with van der Waals surface area (Å²) in [4.78, 5) is 16.1. The fraction of sp³-hybridized carbons (Fsp3) is 0.333. The maximum Gasteiger partial charge on any atom is 0.422 e. The first-order valence-electron chi connectivity index (χ1n) is 9.66. The van der Waals surface area contributed by atoms with E-state index in [2.05, 4.69) is 25.2 Å². The molecule has 0 aliphatic heterocycles. The fourth-order valence-electron chi connectivity index (χ4n) is 2.85. The monoisotopic (exact) mass is 465 g/mol. The highest BCUT2D eigenvalue weighted by molar-refractivity contribution is 7.99. The number of thioether (sulfide) groups is 1. The molecule has 0 bridgehead atoms. The number of amides is 1. The van der Waals surface area contributed by atoms with Gasteiger partial charge in [-0.2, -0.15) is 13.2 Å². The van der Waals surface area contributed by atoms with Gasteiger partial charge in [0.2, 0.25) is 11.8 Å². The molecule has 170 valence electrons. The SMILES string of the molecule is Cc1ccc(C)c(-n2c(C)nnc2SCC(=O)NCc2ccnc(OCC(F)(F)F)c2)c1. The highest BCUT2D eigenvalue weighted by Gasteiger charge is 2.28. The van der Waals surface area contributed by atoms with Crippen LogP contribution in [0.25, 0.3) is 5.69 Å². The molecule has 0 unspecified atom stereocenters. The van der Waals surface area contributed by atoms with Crippen LogP contribution in [-0.4, -0.2) is 44.2 Å². The smallest absolute Gasteiger partial charge is 0.422 e. The van der Waals surface area contributed by atoms with Crippen molar-refractivity contribution in [2.24, 2.45) is 0 Å². The van der Waals surface area contributed by atoms with Crippen LogP contribution in [0.5, 0.6) is 5.88 Å². The van der Waals surface area contributed by atoms with E-state index < -0.39 is 12.8 Å². The maximum atomic E-state index is 12.3. The number of nitrogens with zero attached hydrogens (tertiary/aromatic N) is 4. The van der Waals surface area contributed by atoms with Gasteiger partial charge in [-0.05, 0) is 49.6 Å². The van der Waals surface area contributed by atoms with E-state index in [-0.39, 0.29) is 24.1 Å². The molecule has 0 saturated carbocycles. The molecule has 3 aromatic rings. The number of halogens is 3. The number of alkyl halides is 3. The number of aromatic nitrogens is 4. The van der Waals surface area contributed by atoms with Crippen molar-refractivity contribution in [2.75, 3.05) is 12.4 Å². The first kappa shape index (κ1) is 23.6. The highest BCUT2D eigenvalue weighted by Crippen LogP contribution is 2.25. The molecule has 2 aromatic heterocycles. The number of carbonyl (C=O) groups is 1. The Hall–Kier alpha value is -3.08. The molecule has 3 rings (SSSR count). The van der Waals surface area contributed by atoms with Crippen LogP contribution >= 0.6 is 11.8 Å². The fourth-order valence-corrected chi connectivity index (χ4v) is 3.67. The third kappa shape index (κ3) is 6.46. The lowest BCUT2D eigenvalue weighted by molar-refractivity contribution is -0.154. The van der Waals surface area contributed by atoms with Crippen molar-refractivity contribution in [3.63, 3.8) is 0 Å².